The molecule has 0 radical (unpaired) electrons. The molecule has 3 aliphatic heterocycles. The van der Waals surface area contributed by atoms with E-state index >= 15 is 0 Å². The van der Waals surface area contributed by atoms with Gasteiger partial charge in [-0.3, -0.25) is 14.4 Å². The maximum Gasteiger partial charge on any atom is 0.310 e. The van der Waals surface area contributed by atoms with Crippen molar-refractivity contribution in [3.05, 3.63) is 29.3 Å². The Morgan fingerprint density at radius 2 is 2.06 bits per heavy atom. The first-order valence-electron chi connectivity index (χ1n) is 10.8. The van der Waals surface area contributed by atoms with Gasteiger partial charge in [0.25, 0.3) is 0 Å². The topological polar surface area (TPSA) is 95.9 Å². The first-order chi connectivity index (χ1) is 15.3. The van der Waals surface area contributed by atoms with Gasteiger partial charge in [-0.15, -0.1) is 11.8 Å². The van der Waals surface area contributed by atoms with E-state index in [1.165, 1.54) is 4.90 Å². The lowest BCUT2D eigenvalue weighted by molar-refractivity contribution is -0.154. The first kappa shape index (κ1) is 23.9. The SMILES string of the molecule is CCOC(=O)[C@H]1[C@@H]2SC3(CC2Br)C(C(=O)Nc2ccc(Cl)cc2)N([C@@H](CC)CO)C(=O)[C@H]13. The van der Waals surface area contributed by atoms with Gasteiger partial charge in [0.2, 0.25) is 11.8 Å². The number of anilines is 1. The highest BCUT2D eigenvalue weighted by Crippen LogP contribution is 2.68. The van der Waals surface area contributed by atoms with Gasteiger partial charge in [-0.2, -0.15) is 0 Å². The van der Waals surface area contributed by atoms with E-state index in [1.54, 1.807) is 43.0 Å². The molecule has 3 heterocycles. The van der Waals surface area contributed by atoms with Crippen molar-refractivity contribution in [3.63, 3.8) is 0 Å². The number of hydrogen-bond donors (Lipinski definition) is 2. The molecule has 3 saturated heterocycles. The van der Waals surface area contributed by atoms with Gasteiger partial charge in [0.1, 0.15) is 6.04 Å². The molecule has 1 aromatic rings. The van der Waals surface area contributed by atoms with E-state index in [0.29, 0.717) is 23.6 Å². The number of aliphatic hydroxyl groups is 1. The number of carbonyl (C=O) groups excluding carboxylic acids is 3. The number of likely N-dealkylation sites (tertiary alicyclic amines) is 1. The first-order valence-corrected chi connectivity index (χ1v) is 12.9. The average Bonchev–Trinajstić information content (AvgIpc) is 3.35. The predicted molar refractivity (Wildman–Crippen MR) is 127 cm³/mol. The van der Waals surface area contributed by atoms with Crippen molar-refractivity contribution in [1.82, 2.24) is 4.90 Å². The minimum absolute atomic E-state index is 0.0223. The van der Waals surface area contributed by atoms with Crippen molar-refractivity contribution in [2.75, 3.05) is 18.5 Å². The highest BCUT2D eigenvalue weighted by Gasteiger charge is 2.76. The minimum Gasteiger partial charge on any atom is -0.466 e. The molecule has 0 aromatic heterocycles. The lowest BCUT2D eigenvalue weighted by Crippen LogP contribution is -2.55. The maximum atomic E-state index is 13.7. The van der Waals surface area contributed by atoms with Crippen molar-refractivity contribution in [2.24, 2.45) is 11.8 Å². The summed E-state index contributed by atoms with van der Waals surface area (Å²) in [6.45, 7) is 3.58. The molecule has 32 heavy (non-hydrogen) atoms. The van der Waals surface area contributed by atoms with Gasteiger partial charge >= 0.3 is 5.97 Å². The number of ether oxygens (including phenoxy) is 1. The fraction of sp³-hybridized carbons (Fsp3) is 0.591. The molecule has 10 heteroatoms. The third-order valence-electron chi connectivity index (χ3n) is 6.72. The van der Waals surface area contributed by atoms with Crippen LogP contribution in [0.15, 0.2) is 24.3 Å². The largest absolute Gasteiger partial charge is 0.466 e. The number of esters is 1. The minimum atomic E-state index is -0.817. The second kappa shape index (κ2) is 9.16. The van der Waals surface area contributed by atoms with Crippen molar-refractivity contribution >= 4 is 62.8 Å². The molecule has 2 amide bonds. The number of amides is 2. The zero-order chi connectivity index (χ0) is 23.2. The van der Waals surface area contributed by atoms with E-state index in [4.69, 9.17) is 16.3 Å². The molecule has 1 aromatic carbocycles. The molecule has 0 aliphatic carbocycles. The molecule has 7 atom stereocenters. The highest BCUT2D eigenvalue weighted by atomic mass is 79.9. The number of benzene rings is 1. The highest BCUT2D eigenvalue weighted by molar-refractivity contribution is 9.09. The Hall–Kier alpha value is -1.29. The van der Waals surface area contributed by atoms with Crippen LogP contribution >= 0.6 is 39.3 Å². The van der Waals surface area contributed by atoms with Crippen LogP contribution in [0.5, 0.6) is 0 Å². The molecule has 3 fully saturated rings. The molecule has 174 valence electrons. The van der Waals surface area contributed by atoms with Crippen LogP contribution in [0.4, 0.5) is 5.69 Å². The van der Waals surface area contributed by atoms with Gasteiger partial charge in [0.05, 0.1) is 35.8 Å². The zero-order valence-corrected chi connectivity index (χ0v) is 21.0. The van der Waals surface area contributed by atoms with Crippen molar-refractivity contribution in [2.45, 2.75) is 53.6 Å². The predicted octanol–water partition coefficient (Wildman–Crippen LogP) is 3.08. The van der Waals surface area contributed by atoms with E-state index in [-0.39, 0.29) is 35.1 Å². The summed E-state index contributed by atoms with van der Waals surface area (Å²) in [6, 6.07) is 5.43. The fourth-order valence-corrected chi connectivity index (χ4v) is 9.14. The summed E-state index contributed by atoms with van der Waals surface area (Å²) in [5, 5.41) is 13.3. The molecule has 7 nitrogen and oxygen atoms in total. The molecule has 1 spiro atoms. The number of alkyl halides is 1. The Labute approximate surface area is 204 Å². The Bertz CT molecular complexity index is 914. The van der Waals surface area contributed by atoms with Crippen LogP contribution in [0.3, 0.4) is 0 Å². The number of nitrogens with zero attached hydrogens (tertiary/aromatic N) is 1. The molecule has 3 unspecified atom stereocenters. The standard InChI is InChI=1S/C22H26BrClN2O5S/c1-3-13(10-27)26-18(19(28)25-12-7-5-11(24)6-8-12)22-9-14(23)17(32-22)15(16(22)20(26)29)21(30)31-4-2/h5-8,13-18,27H,3-4,9-10H2,1-2H3,(H,25,28)/t13-,14?,15+,16-,17+,18?,22?/m0/s1. The van der Waals surface area contributed by atoms with Crippen LogP contribution in [0.25, 0.3) is 0 Å². The molecule has 0 saturated carbocycles. The van der Waals surface area contributed by atoms with Gasteiger partial charge < -0.3 is 20.1 Å². The maximum absolute atomic E-state index is 13.7. The molecule has 2 N–H and O–H groups in total. The number of rotatable bonds is 7. The summed E-state index contributed by atoms with van der Waals surface area (Å²) < 4.78 is 4.55. The number of hydrogen-bond acceptors (Lipinski definition) is 6. The normalized spacial score (nSPS) is 33.8. The quantitative estimate of drug-likeness (QED) is 0.404. The van der Waals surface area contributed by atoms with Crippen LogP contribution in [0.2, 0.25) is 5.02 Å². The molecule has 3 aliphatic rings. The zero-order valence-electron chi connectivity index (χ0n) is 17.8. The van der Waals surface area contributed by atoms with E-state index in [9.17, 15) is 19.5 Å². The summed E-state index contributed by atoms with van der Waals surface area (Å²) in [5.41, 5.74) is 0.568. The second-order valence-corrected chi connectivity index (χ2v) is 11.6. The summed E-state index contributed by atoms with van der Waals surface area (Å²) >= 11 is 11.2. The summed E-state index contributed by atoms with van der Waals surface area (Å²) in [4.78, 5) is 41.8. The van der Waals surface area contributed by atoms with Crippen LogP contribution < -0.4 is 5.32 Å². The summed E-state index contributed by atoms with van der Waals surface area (Å²) in [7, 11) is 0. The Morgan fingerprint density at radius 3 is 2.66 bits per heavy atom. The molecular formula is C22H26BrClN2O5S. The number of halogens is 2. The summed E-state index contributed by atoms with van der Waals surface area (Å²) in [5.74, 6) is -2.27. The lowest BCUT2D eigenvalue weighted by Gasteiger charge is -2.37. The van der Waals surface area contributed by atoms with Crippen LogP contribution in [0.1, 0.15) is 26.7 Å². The average molecular weight is 546 g/mol. The second-order valence-electron chi connectivity index (χ2n) is 8.40. The van der Waals surface area contributed by atoms with E-state index in [2.05, 4.69) is 21.2 Å². The van der Waals surface area contributed by atoms with Gasteiger partial charge in [-0.05, 0) is 44.0 Å². The summed E-state index contributed by atoms with van der Waals surface area (Å²) in [6.07, 6.45) is 1.07. The monoisotopic (exact) mass is 544 g/mol. The van der Waals surface area contributed by atoms with E-state index < -0.39 is 34.6 Å². The van der Waals surface area contributed by atoms with Crippen molar-refractivity contribution in [3.8, 4) is 0 Å². The number of nitrogens with one attached hydrogen (secondary N) is 1. The molecule has 2 bridgehead atoms. The van der Waals surface area contributed by atoms with Crippen LogP contribution in [-0.2, 0) is 19.1 Å². The number of aliphatic hydroxyl groups excluding tert-OH is 1. The third kappa shape index (κ3) is 3.65. The molecular weight excluding hydrogens is 520 g/mol. The van der Waals surface area contributed by atoms with E-state index in [0.717, 1.165) is 0 Å². The van der Waals surface area contributed by atoms with E-state index in [1.807, 2.05) is 6.92 Å². The Balaban J connectivity index is 1.75. The smallest absolute Gasteiger partial charge is 0.310 e. The Morgan fingerprint density at radius 1 is 1.38 bits per heavy atom. The molecule has 4 rings (SSSR count). The van der Waals surface area contributed by atoms with Gasteiger partial charge in [-0.1, -0.05) is 34.5 Å². The Kier molecular flexibility index (Phi) is 6.83. The van der Waals surface area contributed by atoms with Crippen molar-refractivity contribution in [1.29, 1.82) is 0 Å². The number of fused-ring (bicyclic) bond motifs is 1. The number of thioether (sulfide) groups is 1. The number of carbonyl (C=O) groups is 3. The third-order valence-corrected chi connectivity index (χ3v) is 10.2. The lowest BCUT2D eigenvalue weighted by atomic mass is 9.71. The van der Waals surface area contributed by atoms with Crippen LogP contribution in [-0.4, -0.2) is 67.9 Å². The van der Waals surface area contributed by atoms with Gasteiger partial charge in [0, 0.05) is 20.8 Å². The van der Waals surface area contributed by atoms with Gasteiger partial charge in [-0.25, -0.2) is 0 Å². The van der Waals surface area contributed by atoms with Crippen molar-refractivity contribution < 1.29 is 24.2 Å². The fourth-order valence-electron chi connectivity index (χ4n) is 5.43. The van der Waals surface area contributed by atoms with Crippen LogP contribution in [0, 0.1) is 11.8 Å². The van der Waals surface area contributed by atoms with Gasteiger partial charge in [0.15, 0.2) is 0 Å².